The largest absolute Gasteiger partial charge is 0.367 e. The maximum atomic E-state index is 13.9. The van der Waals surface area contributed by atoms with Gasteiger partial charge in [0.2, 0.25) is 5.91 Å². The summed E-state index contributed by atoms with van der Waals surface area (Å²) in [4.78, 5) is 13.6. The molecule has 0 radical (unpaired) electrons. The van der Waals surface area contributed by atoms with Crippen molar-refractivity contribution in [2.24, 2.45) is 0 Å². The average molecular weight is 332 g/mol. The Morgan fingerprint density at radius 1 is 1.13 bits per heavy atom. The lowest BCUT2D eigenvalue weighted by molar-refractivity contribution is -0.122. The van der Waals surface area contributed by atoms with Crippen molar-refractivity contribution in [1.82, 2.24) is 5.32 Å². The summed E-state index contributed by atoms with van der Waals surface area (Å²) in [5, 5.41) is 8.12. The minimum Gasteiger partial charge on any atom is -0.367 e. The third-order valence-electron chi connectivity index (χ3n) is 4.22. The van der Waals surface area contributed by atoms with Crippen LogP contribution in [0.3, 0.4) is 0 Å². The highest BCUT2D eigenvalue weighted by atomic mass is 32.1. The van der Waals surface area contributed by atoms with Gasteiger partial charge in [-0.25, -0.2) is 4.39 Å². The van der Waals surface area contributed by atoms with Crippen molar-refractivity contribution in [2.45, 2.75) is 44.2 Å². The van der Waals surface area contributed by atoms with Crippen molar-refractivity contribution in [1.29, 1.82) is 0 Å². The molecule has 1 unspecified atom stereocenters. The van der Waals surface area contributed by atoms with Gasteiger partial charge in [0.1, 0.15) is 11.9 Å². The molecule has 3 nitrogen and oxygen atoms in total. The van der Waals surface area contributed by atoms with Gasteiger partial charge in [-0.1, -0.05) is 37.5 Å². The van der Waals surface area contributed by atoms with Crippen molar-refractivity contribution in [3.63, 3.8) is 0 Å². The SMILES string of the molecule is O=C(NC1CCCCC1)C(Nc1ccccc1F)c1cccs1. The Hall–Kier alpha value is -1.88. The molecule has 0 aliphatic heterocycles. The number of para-hydroxylation sites is 1. The summed E-state index contributed by atoms with van der Waals surface area (Å²) in [6, 6.07) is 9.94. The lowest BCUT2D eigenvalue weighted by atomic mass is 9.95. The average Bonchev–Trinajstić information content (AvgIpc) is 3.09. The van der Waals surface area contributed by atoms with Gasteiger partial charge >= 0.3 is 0 Å². The van der Waals surface area contributed by atoms with Crippen LogP contribution in [0.25, 0.3) is 0 Å². The molecule has 0 bridgehead atoms. The first-order chi connectivity index (χ1) is 11.2. The van der Waals surface area contributed by atoms with Gasteiger partial charge in [-0.2, -0.15) is 0 Å². The van der Waals surface area contributed by atoms with E-state index >= 15 is 0 Å². The van der Waals surface area contributed by atoms with Crippen LogP contribution in [0.2, 0.25) is 0 Å². The first-order valence-electron chi connectivity index (χ1n) is 8.09. The number of anilines is 1. The van der Waals surface area contributed by atoms with Gasteiger partial charge in [-0.05, 0) is 36.4 Å². The molecule has 1 aromatic heterocycles. The molecule has 2 N–H and O–H groups in total. The van der Waals surface area contributed by atoms with E-state index in [2.05, 4.69) is 10.6 Å². The van der Waals surface area contributed by atoms with Crippen LogP contribution >= 0.6 is 11.3 Å². The monoisotopic (exact) mass is 332 g/mol. The van der Waals surface area contributed by atoms with E-state index in [9.17, 15) is 9.18 Å². The number of thiophene rings is 1. The summed E-state index contributed by atoms with van der Waals surface area (Å²) >= 11 is 1.50. The second kappa shape index (κ2) is 7.59. The van der Waals surface area contributed by atoms with Crippen LogP contribution < -0.4 is 10.6 Å². The quantitative estimate of drug-likeness (QED) is 0.847. The van der Waals surface area contributed by atoms with E-state index in [4.69, 9.17) is 0 Å². The molecular formula is C18H21FN2OS. The van der Waals surface area contributed by atoms with Gasteiger partial charge in [0.15, 0.2) is 0 Å². The van der Waals surface area contributed by atoms with Crippen molar-refractivity contribution in [3.05, 3.63) is 52.5 Å². The minimum atomic E-state index is -0.561. The molecule has 1 atom stereocenters. The number of benzene rings is 1. The first kappa shape index (κ1) is 16.0. The Labute approximate surface area is 139 Å². The summed E-state index contributed by atoms with van der Waals surface area (Å²) in [5.41, 5.74) is 0.352. The van der Waals surface area contributed by atoms with Crippen molar-refractivity contribution >= 4 is 22.9 Å². The van der Waals surface area contributed by atoms with Crippen LogP contribution in [-0.4, -0.2) is 11.9 Å². The van der Waals surface area contributed by atoms with Gasteiger partial charge in [-0.15, -0.1) is 11.3 Å². The molecule has 1 aliphatic carbocycles. The number of hydrogen-bond donors (Lipinski definition) is 2. The van der Waals surface area contributed by atoms with Crippen LogP contribution in [0, 0.1) is 5.82 Å². The van der Waals surface area contributed by atoms with Crippen LogP contribution in [0.15, 0.2) is 41.8 Å². The number of rotatable bonds is 5. The fourth-order valence-electron chi connectivity index (χ4n) is 2.99. The smallest absolute Gasteiger partial charge is 0.248 e. The zero-order valence-electron chi connectivity index (χ0n) is 12.9. The Bertz CT molecular complexity index is 638. The van der Waals surface area contributed by atoms with Gasteiger partial charge < -0.3 is 10.6 Å². The van der Waals surface area contributed by atoms with E-state index in [0.717, 1.165) is 30.6 Å². The van der Waals surface area contributed by atoms with Gasteiger partial charge in [-0.3, -0.25) is 4.79 Å². The highest BCUT2D eigenvalue weighted by Crippen LogP contribution is 2.26. The Kier molecular flexibility index (Phi) is 5.28. The number of nitrogens with one attached hydrogen (secondary N) is 2. The zero-order chi connectivity index (χ0) is 16.1. The highest BCUT2D eigenvalue weighted by Gasteiger charge is 2.25. The Morgan fingerprint density at radius 2 is 1.91 bits per heavy atom. The Morgan fingerprint density at radius 3 is 2.61 bits per heavy atom. The van der Waals surface area contributed by atoms with Crippen LogP contribution in [0.4, 0.5) is 10.1 Å². The molecule has 1 heterocycles. The third-order valence-corrected chi connectivity index (χ3v) is 5.15. The first-order valence-corrected chi connectivity index (χ1v) is 8.97. The summed E-state index contributed by atoms with van der Waals surface area (Å²) in [6.45, 7) is 0. The van der Waals surface area contributed by atoms with E-state index < -0.39 is 6.04 Å². The van der Waals surface area contributed by atoms with Gasteiger partial charge in [0, 0.05) is 10.9 Å². The fraction of sp³-hybridized carbons (Fsp3) is 0.389. The third kappa shape index (κ3) is 4.10. The minimum absolute atomic E-state index is 0.0809. The highest BCUT2D eigenvalue weighted by molar-refractivity contribution is 7.10. The van der Waals surface area contributed by atoms with Crippen LogP contribution in [0.5, 0.6) is 0 Å². The normalized spacial score (nSPS) is 16.7. The topological polar surface area (TPSA) is 41.1 Å². The van der Waals surface area contributed by atoms with E-state index in [-0.39, 0.29) is 17.8 Å². The van der Waals surface area contributed by atoms with Gasteiger partial charge in [0.25, 0.3) is 0 Å². The number of amides is 1. The van der Waals surface area contributed by atoms with E-state index in [0.29, 0.717) is 5.69 Å². The van der Waals surface area contributed by atoms with Crippen molar-refractivity contribution in [2.75, 3.05) is 5.32 Å². The van der Waals surface area contributed by atoms with Crippen molar-refractivity contribution in [3.8, 4) is 0 Å². The van der Waals surface area contributed by atoms with E-state index in [1.807, 2.05) is 17.5 Å². The molecule has 1 aromatic carbocycles. The summed E-state index contributed by atoms with van der Waals surface area (Å²) in [7, 11) is 0. The molecule has 1 aliphatic rings. The van der Waals surface area contributed by atoms with Gasteiger partial charge in [0.05, 0.1) is 5.69 Å². The number of carbonyl (C=O) groups excluding carboxylic acids is 1. The summed E-state index contributed by atoms with van der Waals surface area (Å²) in [6.07, 6.45) is 5.63. The van der Waals surface area contributed by atoms with E-state index in [1.165, 1.54) is 23.8 Å². The lowest BCUT2D eigenvalue weighted by Gasteiger charge is -2.26. The summed E-state index contributed by atoms with van der Waals surface area (Å²) in [5.74, 6) is -0.429. The predicted molar refractivity (Wildman–Crippen MR) is 92.1 cm³/mol. The maximum absolute atomic E-state index is 13.9. The molecule has 0 saturated heterocycles. The Balaban J connectivity index is 1.75. The van der Waals surface area contributed by atoms with Crippen LogP contribution in [0.1, 0.15) is 43.0 Å². The fourth-order valence-corrected chi connectivity index (χ4v) is 3.76. The molecular weight excluding hydrogens is 311 g/mol. The van der Waals surface area contributed by atoms with Crippen molar-refractivity contribution < 1.29 is 9.18 Å². The van der Waals surface area contributed by atoms with Crippen LogP contribution in [-0.2, 0) is 4.79 Å². The predicted octanol–water partition coefficient (Wildman–Crippen LogP) is 4.49. The standard InChI is InChI=1S/C18H21FN2OS/c19-14-9-4-5-10-15(14)21-17(16-11-6-12-23-16)18(22)20-13-7-2-1-3-8-13/h4-6,9-13,17,21H,1-3,7-8H2,(H,20,22). The molecule has 1 fully saturated rings. The second-order valence-electron chi connectivity index (χ2n) is 5.92. The lowest BCUT2D eigenvalue weighted by Crippen LogP contribution is -2.41. The molecule has 2 aromatic rings. The molecule has 5 heteroatoms. The second-order valence-corrected chi connectivity index (χ2v) is 6.90. The van der Waals surface area contributed by atoms with E-state index in [1.54, 1.807) is 18.2 Å². The maximum Gasteiger partial charge on any atom is 0.248 e. The number of hydrogen-bond acceptors (Lipinski definition) is 3. The molecule has 122 valence electrons. The zero-order valence-corrected chi connectivity index (χ0v) is 13.7. The summed E-state index contributed by atoms with van der Waals surface area (Å²) < 4.78 is 13.9. The molecule has 0 spiro atoms. The number of carbonyl (C=O) groups is 1. The molecule has 23 heavy (non-hydrogen) atoms. The molecule has 1 saturated carbocycles. The number of halogens is 1. The molecule has 1 amide bonds. The molecule has 3 rings (SSSR count).